The Morgan fingerprint density at radius 3 is 2.83 bits per heavy atom. The number of anilines is 3. The topological polar surface area (TPSA) is 81.8 Å². The Morgan fingerprint density at radius 2 is 1.96 bits per heavy atom. The van der Waals surface area contributed by atoms with Gasteiger partial charge in [-0.15, -0.1) is 0 Å². The van der Waals surface area contributed by atoms with Crippen LogP contribution in [0.4, 0.5) is 21.9 Å². The average molecular weight is 305 g/mol. The minimum atomic E-state index is -0.170. The molecule has 4 N–H and O–H groups in total. The second kappa shape index (κ2) is 5.49. The van der Waals surface area contributed by atoms with Gasteiger partial charge in [0, 0.05) is 35.4 Å². The van der Waals surface area contributed by atoms with Crippen LogP contribution in [0.15, 0.2) is 54.9 Å². The fourth-order valence-electron chi connectivity index (χ4n) is 2.62. The second-order valence-corrected chi connectivity index (χ2v) is 5.37. The summed E-state index contributed by atoms with van der Waals surface area (Å²) in [4.78, 5) is 11.4. The van der Waals surface area contributed by atoms with Gasteiger partial charge in [0.2, 0.25) is 0 Å². The van der Waals surface area contributed by atoms with E-state index in [-0.39, 0.29) is 6.03 Å². The number of nitrogens with one attached hydrogen (secondary N) is 4. The van der Waals surface area contributed by atoms with Crippen LogP contribution in [0.3, 0.4) is 0 Å². The standard InChI is InChI=1S/C17H15N5O/c23-17-18-8-12-4-5-15(7-16(12)22-17)21-14-3-1-2-11(6-14)13-9-19-20-10-13/h1-7,9-10,21H,8H2,(H,19,20)(H2,18,22,23). The average Bonchev–Trinajstić information content (AvgIpc) is 3.09. The fraction of sp³-hybridized carbons (Fsp3) is 0.0588. The number of amides is 2. The highest BCUT2D eigenvalue weighted by Crippen LogP contribution is 2.27. The van der Waals surface area contributed by atoms with E-state index in [1.807, 2.05) is 42.6 Å². The summed E-state index contributed by atoms with van der Waals surface area (Å²) in [6.45, 7) is 0.553. The molecule has 0 saturated heterocycles. The Morgan fingerprint density at radius 1 is 1.04 bits per heavy atom. The van der Waals surface area contributed by atoms with Crippen molar-refractivity contribution >= 4 is 23.1 Å². The summed E-state index contributed by atoms with van der Waals surface area (Å²) in [5.74, 6) is 0. The molecule has 2 heterocycles. The summed E-state index contributed by atoms with van der Waals surface area (Å²) >= 11 is 0. The Kier molecular flexibility index (Phi) is 3.20. The lowest BCUT2D eigenvalue weighted by Crippen LogP contribution is -2.33. The number of rotatable bonds is 3. The predicted octanol–water partition coefficient (Wildman–Crippen LogP) is 3.46. The van der Waals surface area contributed by atoms with Gasteiger partial charge in [0.1, 0.15) is 0 Å². The van der Waals surface area contributed by atoms with E-state index >= 15 is 0 Å². The smallest absolute Gasteiger partial charge is 0.319 e. The van der Waals surface area contributed by atoms with E-state index in [1.165, 1.54) is 0 Å². The maximum absolute atomic E-state index is 11.4. The maximum atomic E-state index is 11.4. The highest BCUT2D eigenvalue weighted by atomic mass is 16.2. The third kappa shape index (κ3) is 2.74. The molecule has 4 rings (SSSR count). The van der Waals surface area contributed by atoms with Crippen molar-refractivity contribution in [3.8, 4) is 11.1 Å². The number of H-pyrrole nitrogens is 1. The molecule has 6 heteroatoms. The molecule has 1 aromatic heterocycles. The first-order valence-corrected chi connectivity index (χ1v) is 7.32. The van der Waals surface area contributed by atoms with Crippen molar-refractivity contribution in [2.24, 2.45) is 0 Å². The van der Waals surface area contributed by atoms with Gasteiger partial charge in [-0.2, -0.15) is 5.10 Å². The highest BCUT2D eigenvalue weighted by Gasteiger charge is 2.13. The first-order chi connectivity index (χ1) is 11.3. The van der Waals surface area contributed by atoms with E-state index in [0.29, 0.717) is 6.54 Å². The van der Waals surface area contributed by atoms with E-state index in [2.05, 4.69) is 32.2 Å². The Bertz CT molecular complexity index is 857. The van der Waals surface area contributed by atoms with Gasteiger partial charge in [0.25, 0.3) is 0 Å². The van der Waals surface area contributed by atoms with Crippen molar-refractivity contribution in [3.05, 3.63) is 60.4 Å². The minimum absolute atomic E-state index is 0.170. The summed E-state index contributed by atoms with van der Waals surface area (Å²) < 4.78 is 0. The Labute approximate surface area is 132 Å². The maximum Gasteiger partial charge on any atom is 0.319 e. The van der Waals surface area contributed by atoms with E-state index in [4.69, 9.17) is 0 Å². The summed E-state index contributed by atoms with van der Waals surface area (Å²) in [6, 6.07) is 13.9. The molecule has 0 spiro atoms. The largest absolute Gasteiger partial charge is 0.355 e. The Balaban J connectivity index is 1.60. The Hall–Kier alpha value is -3.28. The van der Waals surface area contributed by atoms with Crippen LogP contribution in [-0.4, -0.2) is 16.2 Å². The lowest BCUT2D eigenvalue weighted by Gasteiger charge is -2.19. The molecule has 0 aliphatic carbocycles. The van der Waals surface area contributed by atoms with Gasteiger partial charge in [-0.3, -0.25) is 5.10 Å². The molecular weight excluding hydrogens is 290 g/mol. The summed E-state index contributed by atoms with van der Waals surface area (Å²) in [7, 11) is 0. The van der Waals surface area contributed by atoms with E-state index in [9.17, 15) is 4.79 Å². The van der Waals surface area contributed by atoms with Crippen LogP contribution in [0.25, 0.3) is 11.1 Å². The molecule has 0 saturated carbocycles. The van der Waals surface area contributed by atoms with Crippen molar-refractivity contribution in [1.29, 1.82) is 0 Å². The fourth-order valence-corrected chi connectivity index (χ4v) is 2.62. The van der Waals surface area contributed by atoms with E-state index in [0.717, 1.165) is 33.8 Å². The van der Waals surface area contributed by atoms with Crippen LogP contribution in [-0.2, 0) is 6.54 Å². The lowest BCUT2D eigenvalue weighted by molar-refractivity contribution is 0.251. The third-order valence-corrected chi connectivity index (χ3v) is 3.78. The summed E-state index contributed by atoms with van der Waals surface area (Å²) in [5.41, 5.74) is 5.93. The first-order valence-electron chi connectivity index (χ1n) is 7.32. The molecule has 3 aromatic rings. The molecule has 23 heavy (non-hydrogen) atoms. The van der Waals surface area contributed by atoms with Gasteiger partial charge >= 0.3 is 6.03 Å². The summed E-state index contributed by atoms with van der Waals surface area (Å²) in [6.07, 6.45) is 3.65. The number of aromatic amines is 1. The van der Waals surface area contributed by atoms with Crippen LogP contribution in [0, 0.1) is 0 Å². The van der Waals surface area contributed by atoms with E-state index < -0.39 is 0 Å². The number of hydrogen-bond donors (Lipinski definition) is 4. The molecule has 2 amide bonds. The van der Waals surface area contributed by atoms with Gasteiger partial charge < -0.3 is 16.0 Å². The first kappa shape index (κ1) is 13.4. The van der Waals surface area contributed by atoms with Crippen LogP contribution in [0.5, 0.6) is 0 Å². The molecular formula is C17H15N5O. The van der Waals surface area contributed by atoms with Crippen molar-refractivity contribution < 1.29 is 4.79 Å². The van der Waals surface area contributed by atoms with Gasteiger partial charge in [-0.1, -0.05) is 18.2 Å². The normalized spacial score (nSPS) is 13.0. The predicted molar refractivity (Wildman–Crippen MR) is 89.6 cm³/mol. The number of hydrogen-bond acceptors (Lipinski definition) is 3. The third-order valence-electron chi connectivity index (χ3n) is 3.78. The van der Waals surface area contributed by atoms with Gasteiger partial charge in [-0.05, 0) is 35.4 Å². The molecule has 0 unspecified atom stereocenters. The number of carbonyl (C=O) groups is 1. The molecule has 0 fully saturated rings. The van der Waals surface area contributed by atoms with Crippen LogP contribution >= 0.6 is 0 Å². The number of aromatic nitrogens is 2. The van der Waals surface area contributed by atoms with Crippen LogP contribution in [0.1, 0.15) is 5.56 Å². The molecule has 0 atom stereocenters. The SMILES string of the molecule is O=C1NCc2ccc(Nc3cccc(-c4cn[nH]c4)c3)cc2N1. The van der Waals surface area contributed by atoms with Crippen molar-refractivity contribution in [3.63, 3.8) is 0 Å². The van der Waals surface area contributed by atoms with Crippen LogP contribution < -0.4 is 16.0 Å². The molecule has 2 aromatic carbocycles. The molecule has 114 valence electrons. The number of benzene rings is 2. The molecule has 6 nitrogen and oxygen atoms in total. The molecule has 0 bridgehead atoms. The zero-order valence-electron chi connectivity index (χ0n) is 12.3. The van der Waals surface area contributed by atoms with Crippen molar-refractivity contribution in [1.82, 2.24) is 15.5 Å². The van der Waals surface area contributed by atoms with Gasteiger partial charge in [0.15, 0.2) is 0 Å². The zero-order valence-corrected chi connectivity index (χ0v) is 12.3. The summed E-state index contributed by atoms with van der Waals surface area (Å²) in [5, 5.41) is 15.7. The van der Waals surface area contributed by atoms with Crippen LogP contribution in [0.2, 0.25) is 0 Å². The van der Waals surface area contributed by atoms with Crippen molar-refractivity contribution in [2.45, 2.75) is 6.54 Å². The zero-order chi connectivity index (χ0) is 15.6. The quantitative estimate of drug-likeness (QED) is 0.598. The van der Waals surface area contributed by atoms with Crippen molar-refractivity contribution in [2.75, 3.05) is 10.6 Å². The number of carbonyl (C=O) groups excluding carboxylic acids is 1. The lowest BCUT2D eigenvalue weighted by atomic mass is 10.1. The number of urea groups is 1. The van der Waals surface area contributed by atoms with E-state index in [1.54, 1.807) is 6.20 Å². The molecule has 0 radical (unpaired) electrons. The van der Waals surface area contributed by atoms with Gasteiger partial charge in [-0.25, -0.2) is 4.79 Å². The highest BCUT2D eigenvalue weighted by molar-refractivity contribution is 5.93. The molecule has 1 aliphatic heterocycles. The number of fused-ring (bicyclic) bond motifs is 1. The minimum Gasteiger partial charge on any atom is -0.355 e. The second-order valence-electron chi connectivity index (χ2n) is 5.37. The number of nitrogens with zero attached hydrogens (tertiary/aromatic N) is 1. The van der Waals surface area contributed by atoms with Gasteiger partial charge in [0.05, 0.1) is 6.20 Å². The molecule has 1 aliphatic rings. The monoisotopic (exact) mass is 305 g/mol.